The van der Waals surface area contributed by atoms with Crippen molar-refractivity contribution in [3.63, 3.8) is 0 Å². The molecular formula is C23H30N2O7S. The second kappa shape index (κ2) is 11.9. The van der Waals surface area contributed by atoms with Crippen molar-refractivity contribution in [2.24, 2.45) is 0 Å². The van der Waals surface area contributed by atoms with Gasteiger partial charge in [0.25, 0.3) is 5.91 Å². The lowest BCUT2D eigenvalue weighted by atomic mass is 10.2. The zero-order chi connectivity index (χ0) is 23.7. The van der Waals surface area contributed by atoms with Crippen LogP contribution in [0.15, 0.2) is 53.4 Å². The SMILES string of the molecule is CCC(Oc1cccc(OC)c1)C(=O)NCCOc1ccc(S(=O)(=O)N2CCOCC2)cc1. The van der Waals surface area contributed by atoms with E-state index in [1.807, 2.05) is 6.92 Å². The molecule has 3 rings (SSSR count). The molecule has 9 nitrogen and oxygen atoms in total. The number of ether oxygens (including phenoxy) is 4. The summed E-state index contributed by atoms with van der Waals surface area (Å²) < 4.78 is 48.5. The van der Waals surface area contributed by atoms with Gasteiger partial charge in [-0.3, -0.25) is 4.79 Å². The normalized spacial score (nSPS) is 15.5. The summed E-state index contributed by atoms with van der Waals surface area (Å²) in [5.41, 5.74) is 0. The molecule has 0 radical (unpaired) electrons. The molecule has 2 aromatic rings. The lowest BCUT2D eigenvalue weighted by molar-refractivity contribution is -0.128. The van der Waals surface area contributed by atoms with Crippen molar-refractivity contribution in [2.75, 3.05) is 46.6 Å². The third-order valence-electron chi connectivity index (χ3n) is 5.08. The molecule has 0 bridgehead atoms. The standard InChI is InChI=1S/C23H30N2O7S/c1-3-22(32-20-6-4-5-19(17-20)29-2)23(26)24-11-14-31-18-7-9-21(10-8-18)33(27,28)25-12-15-30-16-13-25/h4-10,17,22H,3,11-16H2,1-2H3,(H,24,26). The van der Waals surface area contributed by atoms with E-state index in [0.29, 0.717) is 50.0 Å². The highest BCUT2D eigenvalue weighted by Crippen LogP contribution is 2.21. The van der Waals surface area contributed by atoms with Gasteiger partial charge in [0, 0.05) is 19.2 Å². The first-order valence-electron chi connectivity index (χ1n) is 10.8. The van der Waals surface area contributed by atoms with E-state index >= 15 is 0 Å². The molecule has 0 aromatic heterocycles. The number of morpholine rings is 1. The van der Waals surface area contributed by atoms with Crippen LogP contribution in [-0.4, -0.2) is 71.3 Å². The number of nitrogens with one attached hydrogen (secondary N) is 1. The van der Waals surface area contributed by atoms with Crippen LogP contribution in [0.4, 0.5) is 0 Å². The van der Waals surface area contributed by atoms with E-state index in [1.165, 1.54) is 16.4 Å². The Hall–Kier alpha value is -2.82. The van der Waals surface area contributed by atoms with Crippen LogP contribution in [0.25, 0.3) is 0 Å². The Morgan fingerprint density at radius 2 is 1.79 bits per heavy atom. The van der Waals surface area contributed by atoms with Gasteiger partial charge in [-0.05, 0) is 42.8 Å². The van der Waals surface area contributed by atoms with E-state index in [0.717, 1.165) is 0 Å². The summed E-state index contributed by atoms with van der Waals surface area (Å²) in [6, 6.07) is 13.3. The van der Waals surface area contributed by atoms with Gasteiger partial charge in [-0.2, -0.15) is 4.31 Å². The Labute approximate surface area is 194 Å². The Kier molecular flexibility index (Phi) is 8.93. The fourth-order valence-corrected chi connectivity index (χ4v) is 4.67. The largest absolute Gasteiger partial charge is 0.497 e. The summed E-state index contributed by atoms with van der Waals surface area (Å²) in [6.07, 6.45) is -0.134. The maximum absolute atomic E-state index is 12.7. The molecule has 1 atom stereocenters. The van der Waals surface area contributed by atoms with E-state index in [-0.39, 0.29) is 24.0 Å². The summed E-state index contributed by atoms with van der Waals surface area (Å²) >= 11 is 0. The topological polar surface area (TPSA) is 103 Å². The molecule has 1 heterocycles. The van der Waals surface area contributed by atoms with E-state index < -0.39 is 16.1 Å². The third-order valence-corrected chi connectivity index (χ3v) is 7.00. The fraction of sp³-hybridized carbons (Fsp3) is 0.435. The summed E-state index contributed by atoms with van der Waals surface area (Å²) in [7, 11) is -1.97. The predicted molar refractivity (Wildman–Crippen MR) is 122 cm³/mol. The van der Waals surface area contributed by atoms with Gasteiger partial charge in [-0.25, -0.2) is 8.42 Å². The number of benzene rings is 2. The molecule has 180 valence electrons. The molecule has 2 aromatic carbocycles. The van der Waals surface area contributed by atoms with Gasteiger partial charge in [0.2, 0.25) is 10.0 Å². The van der Waals surface area contributed by atoms with Gasteiger partial charge < -0.3 is 24.3 Å². The maximum atomic E-state index is 12.7. The van der Waals surface area contributed by atoms with Crippen LogP contribution in [0.3, 0.4) is 0 Å². The summed E-state index contributed by atoms with van der Waals surface area (Å²) in [4.78, 5) is 12.7. The number of hydrogen-bond donors (Lipinski definition) is 1. The van der Waals surface area contributed by atoms with Crippen molar-refractivity contribution < 1.29 is 32.2 Å². The molecule has 1 fully saturated rings. The monoisotopic (exact) mass is 478 g/mol. The number of hydrogen-bond acceptors (Lipinski definition) is 7. The maximum Gasteiger partial charge on any atom is 0.261 e. The molecule has 0 saturated carbocycles. The Balaban J connectivity index is 1.45. The van der Waals surface area contributed by atoms with Gasteiger partial charge in [-0.15, -0.1) is 0 Å². The van der Waals surface area contributed by atoms with E-state index in [9.17, 15) is 13.2 Å². The number of carbonyl (C=O) groups excluding carboxylic acids is 1. The first-order valence-corrected chi connectivity index (χ1v) is 12.3. The van der Waals surface area contributed by atoms with Crippen LogP contribution in [0, 0.1) is 0 Å². The highest BCUT2D eigenvalue weighted by molar-refractivity contribution is 7.89. The van der Waals surface area contributed by atoms with Crippen molar-refractivity contribution in [1.29, 1.82) is 0 Å². The highest BCUT2D eigenvalue weighted by atomic mass is 32.2. The number of amides is 1. The smallest absolute Gasteiger partial charge is 0.261 e. The molecule has 1 aliphatic rings. The molecule has 1 unspecified atom stereocenters. The number of carbonyl (C=O) groups is 1. The van der Waals surface area contributed by atoms with Crippen LogP contribution in [0.1, 0.15) is 13.3 Å². The van der Waals surface area contributed by atoms with Crippen molar-refractivity contribution >= 4 is 15.9 Å². The average molecular weight is 479 g/mol. The fourth-order valence-electron chi connectivity index (χ4n) is 3.26. The van der Waals surface area contributed by atoms with Crippen LogP contribution in [0.2, 0.25) is 0 Å². The van der Waals surface area contributed by atoms with Gasteiger partial charge in [0.05, 0.1) is 31.8 Å². The van der Waals surface area contributed by atoms with Crippen molar-refractivity contribution in [3.8, 4) is 17.2 Å². The Bertz CT molecular complexity index is 1010. The molecule has 33 heavy (non-hydrogen) atoms. The minimum Gasteiger partial charge on any atom is -0.497 e. The third kappa shape index (κ3) is 6.83. The van der Waals surface area contributed by atoms with Crippen molar-refractivity contribution in [3.05, 3.63) is 48.5 Å². The minimum absolute atomic E-state index is 0.213. The Morgan fingerprint density at radius 1 is 1.09 bits per heavy atom. The second-order valence-corrected chi connectivity index (χ2v) is 9.26. The van der Waals surface area contributed by atoms with Crippen molar-refractivity contribution in [1.82, 2.24) is 9.62 Å². The van der Waals surface area contributed by atoms with E-state index in [2.05, 4.69) is 5.32 Å². The van der Waals surface area contributed by atoms with Crippen LogP contribution in [0.5, 0.6) is 17.2 Å². The molecule has 0 aliphatic carbocycles. The van der Waals surface area contributed by atoms with Crippen LogP contribution >= 0.6 is 0 Å². The summed E-state index contributed by atoms with van der Waals surface area (Å²) in [5, 5.41) is 2.80. The van der Waals surface area contributed by atoms with Gasteiger partial charge >= 0.3 is 0 Å². The quantitative estimate of drug-likeness (QED) is 0.493. The van der Waals surface area contributed by atoms with Gasteiger partial charge in [0.1, 0.15) is 23.9 Å². The molecular weight excluding hydrogens is 448 g/mol. The number of rotatable bonds is 11. The van der Waals surface area contributed by atoms with Gasteiger partial charge in [0.15, 0.2) is 6.10 Å². The molecule has 1 N–H and O–H groups in total. The number of sulfonamides is 1. The molecule has 1 aliphatic heterocycles. The second-order valence-electron chi connectivity index (χ2n) is 7.32. The van der Waals surface area contributed by atoms with Gasteiger partial charge in [-0.1, -0.05) is 13.0 Å². The summed E-state index contributed by atoms with van der Waals surface area (Å²) in [6.45, 7) is 3.88. The summed E-state index contributed by atoms with van der Waals surface area (Å²) in [5.74, 6) is 1.49. The van der Waals surface area contributed by atoms with Crippen LogP contribution < -0.4 is 19.5 Å². The van der Waals surface area contributed by atoms with E-state index in [4.69, 9.17) is 18.9 Å². The molecule has 0 spiro atoms. The lowest BCUT2D eigenvalue weighted by Gasteiger charge is -2.26. The number of nitrogens with zero attached hydrogens (tertiary/aromatic N) is 1. The van der Waals surface area contributed by atoms with Crippen LogP contribution in [-0.2, 0) is 19.6 Å². The molecule has 10 heteroatoms. The zero-order valence-corrected chi connectivity index (χ0v) is 19.7. The molecule has 1 saturated heterocycles. The first-order chi connectivity index (χ1) is 15.9. The number of methoxy groups -OCH3 is 1. The Morgan fingerprint density at radius 3 is 2.45 bits per heavy atom. The minimum atomic E-state index is -3.54. The van der Waals surface area contributed by atoms with E-state index in [1.54, 1.807) is 43.5 Å². The zero-order valence-electron chi connectivity index (χ0n) is 18.9. The highest BCUT2D eigenvalue weighted by Gasteiger charge is 2.26. The van der Waals surface area contributed by atoms with Crippen molar-refractivity contribution in [2.45, 2.75) is 24.3 Å². The average Bonchev–Trinajstić information content (AvgIpc) is 2.86. The predicted octanol–water partition coefficient (Wildman–Crippen LogP) is 2.07. The lowest BCUT2D eigenvalue weighted by Crippen LogP contribution is -2.40. The molecule has 1 amide bonds. The first kappa shape index (κ1) is 24.8.